The molecule has 0 radical (unpaired) electrons. The van der Waals surface area contributed by atoms with Gasteiger partial charge in [-0.25, -0.2) is 0 Å². The van der Waals surface area contributed by atoms with Gasteiger partial charge in [-0.15, -0.1) is 10.2 Å². The third kappa shape index (κ3) is 1.47. The van der Waals surface area contributed by atoms with Crippen LogP contribution in [0.15, 0.2) is 24.8 Å². The minimum absolute atomic E-state index is 0.696. The summed E-state index contributed by atoms with van der Waals surface area (Å²) in [5.41, 5.74) is 0. The number of rotatable bonds is 3. The molecule has 12 heavy (non-hydrogen) atoms. The Balaban J connectivity index is 1.91. The van der Waals surface area contributed by atoms with E-state index in [1.165, 1.54) is 11.1 Å². The number of hydrogen-bond donors (Lipinski definition) is 0. The Morgan fingerprint density at radius 1 is 1.17 bits per heavy atom. The standard InChI is InChI=1S/C6H8N6/c1-2-8-11(3-1)4-5-12-9-6-7-10-12/h1-3,6H,4-5H2. The van der Waals surface area contributed by atoms with E-state index in [-0.39, 0.29) is 0 Å². The molecule has 0 saturated heterocycles. The highest BCUT2D eigenvalue weighted by molar-refractivity contribution is 4.77. The molecule has 2 heterocycles. The maximum Gasteiger partial charge on any atom is 0.162 e. The maximum absolute atomic E-state index is 4.04. The highest BCUT2D eigenvalue weighted by Gasteiger charge is 1.93. The van der Waals surface area contributed by atoms with Crippen LogP contribution in [0.5, 0.6) is 0 Å². The minimum atomic E-state index is 0.696. The van der Waals surface area contributed by atoms with Crippen molar-refractivity contribution in [3.05, 3.63) is 24.8 Å². The fourth-order valence-corrected chi connectivity index (χ4v) is 0.916. The molecular weight excluding hydrogens is 156 g/mol. The van der Waals surface area contributed by atoms with Gasteiger partial charge in [0, 0.05) is 12.4 Å². The third-order valence-electron chi connectivity index (χ3n) is 1.48. The second-order valence-corrected chi connectivity index (χ2v) is 2.30. The fraction of sp³-hybridized carbons (Fsp3) is 0.333. The summed E-state index contributed by atoms with van der Waals surface area (Å²) >= 11 is 0. The number of hydrogen-bond acceptors (Lipinski definition) is 4. The van der Waals surface area contributed by atoms with Gasteiger partial charge in [0.2, 0.25) is 0 Å². The number of aryl methyl sites for hydroxylation is 2. The second kappa shape index (κ2) is 3.12. The zero-order valence-electron chi connectivity index (χ0n) is 6.41. The summed E-state index contributed by atoms with van der Waals surface area (Å²) in [5, 5.41) is 15.2. The number of aromatic nitrogens is 6. The van der Waals surface area contributed by atoms with Gasteiger partial charge in [0.15, 0.2) is 6.33 Å². The van der Waals surface area contributed by atoms with Crippen molar-refractivity contribution in [2.75, 3.05) is 0 Å². The van der Waals surface area contributed by atoms with Gasteiger partial charge in [0.05, 0.1) is 13.1 Å². The molecule has 2 aromatic heterocycles. The highest BCUT2D eigenvalue weighted by atomic mass is 15.6. The zero-order chi connectivity index (χ0) is 8.23. The average Bonchev–Trinajstić information content (AvgIpc) is 2.74. The first kappa shape index (κ1) is 6.96. The van der Waals surface area contributed by atoms with Crippen molar-refractivity contribution in [3.63, 3.8) is 0 Å². The van der Waals surface area contributed by atoms with E-state index in [9.17, 15) is 0 Å². The molecule has 0 spiro atoms. The van der Waals surface area contributed by atoms with Crippen LogP contribution in [-0.2, 0) is 13.1 Å². The first-order valence-corrected chi connectivity index (χ1v) is 3.63. The Morgan fingerprint density at radius 3 is 2.83 bits per heavy atom. The molecule has 0 aromatic carbocycles. The van der Waals surface area contributed by atoms with Gasteiger partial charge >= 0.3 is 0 Å². The van der Waals surface area contributed by atoms with Crippen molar-refractivity contribution in [1.82, 2.24) is 30.0 Å². The Morgan fingerprint density at radius 2 is 2.17 bits per heavy atom. The smallest absolute Gasteiger partial charge is 0.162 e. The Hall–Kier alpha value is -1.72. The summed E-state index contributed by atoms with van der Waals surface area (Å²) in [6.07, 6.45) is 5.06. The van der Waals surface area contributed by atoms with Crippen LogP contribution >= 0.6 is 0 Å². The molecule has 2 rings (SSSR count). The topological polar surface area (TPSA) is 61.4 Å². The largest absolute Gasteiger partial charge is 0.271 e. The molecule has 0 aliphatic rings. The SMILES string of the molecule is c1cnn(CCn2ncnn2)c1. The summed E-state index contributed by atoms with van der Waals surface area (Å²) in [5.74, 6) is 0. The van der Waals surface area contributed by atoms with E-state index in [1.807, 2.05) is 16.9 Å². The van der Waals surface area contributed by atoms with Crippen LogP contribution in [0, 0.1) is 0 Å². The van der Waals surface area contributed by atoms with Gasteiger partial charge in [-0.05, 0) is 11.3 Å². The molecule has 6 heteroatoms. The van der Waals surface area contributed by atoms with E-state index >= 15 is 0 Å². The lowest BCUT2D eigenvalue weighted by atomic mass is 10.6. The van der Waals surface area contributed by atoms with Gasteiger partial charge in [0.1, 0.15) is 0 Å². The van der Waals surface area contributed by atoms with Gasteiger partial charge in [0.25, 0.3) is 0 Å². The molecule has 0 N–H and O–H groups in total. The molecule has 0 saturated carbocycles. The molecular formula is C6H8N6. The van der Waals surface area contributed by atoms with Gasteiger partial charge in [-0.3, -0.25) is 4.68 Å². The summed E-state index contributed by atoms with van der Waals surface area (Å²) < 4.78 is 1.82. The predicted molar refractivity (Wildman–Crippen MR) is 40.0 cm³/mol. The van der Waals surface area contributed by atoms with E-state index in [0.717, 1.165) is 6.54 Å². The number of tetrazole rings is 1. The molecule has 0 atom stereocenters. The summed E-state index contributed by atoms with van der Waals surface area (Å²) in [6.45, 7) is 1.46. The Labute approximate surface area is 68.8 Å². The molecule has 2 aromatic rings. The fourth-order valence-electron chi connectivity index (χ4n) is 0.916. The van der Waals surface area contributed by atoms with Crippen LogP contribution in [-0.4, -0.2) is 30.0 Å². The van der Waals surface area contributed by atoms with Crippen LogP contribution in [0.2, 0.25) is 0 Å². The molecule has 6 nitrogen and oxygen atoms in total. The van der Waals surface area contributed by atoms with Crippen molar-refractivity contribution >= 4 is 0 Å². The predicted octanol–water partition coefficient (Wildman–Crippen LogP) is -0.430. The van der Waals surface area contributed by atoms with E-state index in [2.05, 4.69) is 20.5 Å². The van der Waals surface area contributed by atoms with Crippen LogP contribution < -0.4 is 0 Å². The van der Waals surface area contributed by atoms with E-state index in [0.29, 0.717) is 6.54 Å². The van der Waals surface area contributed by atoms with Crippen molar-refractivity contribution in [1.29, 1.82) is 0 Å². The molecule has 0 bridgehead atoms. The minimum Gasteiger partial charge on any atom is -0.271 e. The van der Waals surface area contributed by atoms with Crippen molar-refractivity contribution in [2.24, 2.45) is 0 Å². The monoisotopic (exact) mass is 164 g/mol. The van der Waals surface area contributed by atoms with Crippen molar-refractivity contribution < 1.29 is 0 Å². The number of nitrogens with zero attached hydrogens (tertiary/aromatic N) is 6. The lowest BCUT2D eigenvalue weighted by molar-refractivity contribution is 0.450. The normalized spacial score (nSPS) is 10.3. The lowest BCUT2D eigenvalue weighted by Crippen LogP contribution is -2.10. The summed E-state index contributed by atoms with van der Waals surface area (Å²) in [6, 6.07) is 1.88. The lowest BCUT2D eigenvalue weighted by Gasteiger charge is -1.98. The molecule has 0 aliphatic carbocycles. The zero-order valence-corrected chi connectivity index (χ0v) is 6.41. The van der Waals surface area contributed by atoms with Crippen LogP contribution in [0.25, 0.3) is 0 Å². The van der Waals surface area contributed by atoms with E-state index in [4.69, 9.17) is 0 Å². The van der Waals surface area contributed by atoms with Crippen LogP contribution in [0.1, 0.15) is 0 Å². The molecule has 0 fully saturated rings. The molecule has 0 aliphatic heterocycles. The first-order valence-electron chi connectivity index (χ1n) is 3.63. The molecule has 0 unspecified atom stereocenters. The first-order chi connectivity index (χ1) is 5.95. The summed E-state index contributed by atoms with van der Waals surface area (Å²) in [7, 11) is 0. The molecule has 62 valence electrons. The van der Waals surface area contributed by atoms with Gasteiger partial charge in [-0.1, -0.05) is 0 Å². The van der Waals surface area contributed by atoms with Gasteiger partial charge in [-0.2, -0.15) is 9.90 Å². The highest BCUT2D eigenvalue weighted by Crippen LogP contribution is 1.85. The summed E-state index contributed by atoms with van der Waals surface area (Å²) in [4.78, 5) is 1.53. The van der Waals surface area contributed by atoms with Gasteiger partial charge < -0.3 is 0 Å². The Kier molecular flexibility index (Phi) is 1.81. The van der Waals surface area contributed by atoms with E-state index < -0.39 is 0 Å². The van der Waals surface area contributed by atoms with Crippen molar-refractivity contribution in [3.8, 4) is 0 Å². The molecule has 0 amide bonds. The Bertz CT molecular complexity index is 275. The maximum atomic E-state index is 4.04. The van der Waals surface area contributed by atoms with E-state index in [1.54, 1.807) is 6.20 Å². The van der Waals surface area contributed by atoms with Crippen molar-refractivity contribution in [2.45, 2.75) is 13.1 Å². The van der Waals surface area contributed by atoms with Crippen LogP contribution in [0.4, 0.5) is 0 Å². The average molecular weight is 164 g/mol. The second-order valence-electron chi connectivity index (χ2n) is 2.30. The quantitative estimate of drug-likeness (QED) is 0.617. The van der Waals surface area contributed by atoms with Crippen LogP contribution in [0.3, 0.4) is 0 Å². The third-order valence-corrected chi connectivity index (χ3v) is 1.48.